The van der Waals surface area contributed by atoms with Gasteiger partial charge in [-0.1, -0.05) is 27.7 Å². The maximum atomic E-state index is 8.81. The normalized spacial score (nSPS) is 3.92. The van der Waals surface area contributed by atoms with Crippen LogP contribution in [0.3, 0.4) is 0 Å². The number of aldehydes is 3. The van der Waals surface area contributed by atoms with Gasteiger partial charge in [0.1, 0.15) is 18.9 Å². The van der Waals surface area contributed by atoms with Crippen molar-refractivity contribution in [3.63, 3.8) is 0 Å². The quantitative estimate of drug-likeness (QED) is 0.554. The molecule has 0 aromatic carbocycles. The van der Waals surface area contributed by atoms with Crippen molar-refractivity contribution in [3.05, 3.63) is 0 Å². The van der Waals surface area contributed by atoms with Gasteiger partial charge in [0.2, 0.25) is 0 Å². The van der Waals surface area contributed by atoms with E-state index in [-0.39, 0.29) is 0 Å². The van der Waals surface area contributed by atoms with Crippen LogP contribution in [0.25, 0.3) is 0 Å². The van der Waals surface area contributed by atoms with E-state index in [2.05, 4.69) is 0 Å². The van der Waals surface area contributed by atoms with Crippen LogP contribution in [-0.2, 0) is 14.4 Å². The van der Waals surface area contributed by atoms with E-state index in [4.69, 9.17) is 14.4 Å². The SMILES string of the molecule is CC.CC.CC=O.CC=O.CC=O. The van der Waals surface area contributed by atoms with Gasteiger partial charge in [0.25, 0.3) is 0 Å². The molecule has 0 heterocycles. The molecule has 3 nitrogen and oxygen atoms in total. The number of hydrogen-bond acceptors (Lipinski definition) is 3. The Labute approximate surface area is 82.5 Å². The van der Waals surface area contributed by atoms with Crippen molar-refractivity contribution in [3.8, 4) is 0 Å². The summed E-state index contributed by atoms with van der Waals surface area (Å²) in [6, 6.07) is 0. The van der Waals surface area contributed by atoms with Crippen LogP contribution < -0.4 is 0 Å². The van der Waals surface area contributed by atoms with Crippen LogP contribution in [0.1, 0.15) is 48.5 Å². The van der Waals surface area contributed by atoms with E-state index < -0.39 is 0 Å². The topological polar surface area (TPSA) is 51.2 Å². The average molecular weight is 192 g/mol. The van der Waals surface area contributed by atoms with E-state index in [9.17, 15) is 0 Å². The third kappa shape index (κ3) is 912. The molecular weight excluding hydrogens is 168 g/mol. The number of carbonyl (C=O) groups is 3. The zero-order valence-electron chi connectivity index (χ0n) is 9.96. The molecule has 0 bridgehead atoms. The molecule has 0 aliphatic rings. The Hall–Kier alpha value is -0.990. The second-order valence-corrected chi connectivity index (χ2v) is 0.707. The molecule has 0 atom stereocenters. The lowest BCUT2D eigenvalue weighted by Crippen LogP contribution is -1.36. The van der Waals surface area contributed by atoms with Crippen molar-refractivity contribution in [2.45, 2.75) is 48.5 Å². The molecule has 0 unspecified atom stereocenters. The number of carbonyl (C=O) groups excluding carboxylic acids is 3. The highest BCUT2D eigenvalue weighted by Gasteiger charge is 1.25. The fraction of sp³-hybridized carbons (Fsp3) is 0.700. The maximum Gasteiger partial charge on any atom is 0.116 e. The van der Waals surface area contributed by atoms with E-state index in [1.165, 1.54) is 20.8 Å². The van der Waals surface area contributed by atoms with Gasteiger partial charge in [0.15, 0.2) is 0 Å². The molecule has 82 valence electrons. The second kappa shape index (κ2) is 273. The van der Waals surface area contributed by atoms with E-state index >= 15 is 0 Å². The standard InChI is InChI=1S/3C2H4O.2C2H6/c3*1-2-3;2*1-2/h3*2H,1H3;2*1-2H3. The van der Waals surface area contributed by atoms with Crippen LogP contribution in [-0.4, -0.2) is 18.9 Å². The van der Waals surface area contributed by atoms with E-state index in [0.29, 0.717) is 0 Å². The summed E-state index contributed by atoms with van der Waals surface area (Å²) >= 11 is 0. The van der Waals surface area contributed by atoms with E-state index in [1.54, 1.807) is 0 Å². The Balaban J connectivity index is -0.0000000208. The smallest absolute Gasteiger partial charge is 0.116 e. The summed E-state index contributed by atoms with van der Waals surface area (Å²) in [6.45, 7) is 12.3. The van der Waals surface area contributed by atoms with Crippen LogP contribution in [0, 0.1) is 0 Å². The Morgan fingerprint density at radius 1 is 0.538 bits per heavy atom. The van der Waals surface area contributed by atoms with Gasteiger partial charge in [0, 0.05) is 0 Å². The fourth-order valence-corrected chi connectivity index (χ4v) is 0. The fourth-order valence-electron chi connectivity index (χ4n) is 0. The molecule has 0 fully saturated rings. The third-order valence-electron chi connectivity index (χ3n) is 0. The molecule has 0 aromatic rings. The monoisotopic (exact) mass is 192 g/mol. The number of hydrogen-bond donors (Lipinski definition) is 0. The summed E-state index contributed by atoms with van der Waals surface area (Å²) in [4.78, 5) is 26.4. The minimum absolute atomic E-state index is 0.750. The molecule has 0 aliphatic heterocycles. The van der Waals surface area contributed by atoms with Crippen molar-refractivity contribution < 1.29 is 14.4 Å². The lowest BCUT2D eigenvalue weighted by molar-refractivity contribution is -0.106. The molecule has 0 N–H and O–H groups in total. The molecular formula is C10H24O3. The van der Waals surface area contributed by atoms with Gasteiger partial charge in [-0.15, -0.1) is 0 Å². The van der Waals surface area contributed by atoms with Gasteiger partial charge in [0.05, 0.1) is 0 Å². The van der Waals surface area contributed by atoms with Crippen molar-refractivity contribution in [2.24, 2.45) is 0 Å². The van der Waals surface area contributed by atoms with Gasteiger partial charge in [-0.25, -0.2) is 0 Å². The molecule has 3 heteroatoms. The first-order chi connectivity index (χ1) is 6.24. The molecule has 13 heavy (non-hydrogen) atoms. The van der Waals surface area contributed by atoms with Crippen molar-refractivity contribution in [2.75, 3.05) is 0 Å². The van der Waals surface area contributed by atoms with Crippen LogP contribution in [0.4, 0.5) is 0 Å². The molecule has 0 amide bonds. The van der Waals surface area contributed by atoms with E-state index in [1.807, 2.05) is 27.7 Å². The molecule has 0 aliphatic carbocycles. The summed E-state index contributed by atoms with van der Waals surface area (Å²) in [7, 11) is 0. The van der Waals surface area contributed by atoms with Gasteiger partial charge >= 0.3 is 0 Å². The van der Waals surface area contributed by atoms with E-state index in [0.717, 1.165) is 18.9 Å². The summed E-state index contributed by atoms with van der Waals surface area (Å²) in [5.41, 5.74) is 0. The third-order valence-corrected chi connectivity index (χ3v) is 0. The Bertz CT molecular complexity index is 46.9. The van der Waals surface area contributed by atoms with Crippen molar-refractivity contribution in [1.29, 1.82) is 0 Å². The largest absolute Gasteiger partial charge is 0.304 e. The molecule has 0 aromatic heterocycles. The van der Waals surface area contributed by atoms with Gasteiger partial charge in [-0.2, -0.15) is 0 Å². The lowest BCUT2D eigenvalue weighted by Gasteiger charge is -1.24. The zero-order chi connectivity index (χ0) is 12.1. The minimum Gasteiger partial charge on any atom is -0.304 e. The van der Waals surface area contributed by atoms with Crippen molar-refractivity contribution >= 4 is 18.9 Å². The van der Waals surface area contributed by atoms with Crippen LogP contribution in [0.5, 0.6) is 0 Å². The maximum absolute atomic E-state index is 8.81. The van der Waals surface area contributed by atoms with Crippen LogP contribution in [0.15, 0.2) is 0 Å². The Morgan fingerprint density at radius 2 is 0.538 bits per heavy atom. The molecule has 0 radical (unpaired) electrons. The summed E-state index contributed by atoms with van der Waals surface area (Å²) < 4.78 is 0. The van der Waals surface area contributed by atoms with Gasteiger partial charge < -0.3 is 14.4 Å². The highest BCUT2D eigenvalue weighted by molar-refractivity contribution is 5.44. The Morgan fingerprint density at radius 3 is 0.538 bits per heavy atom. The minimum atomic E-state index is 0.750. The molecule has 0 saturated heterocycles. The second-order valence-electron chi connectivity index (χ2n) is 0.707. The zero-order valence-corrected chi connectivity index (χ0v) is 9.96. The van der Waals surface area contributed by atoms with Gasteiger partial charge in [-0.05, 0) is 20.8 Å². The predicted molar refractivity (Wildman–Crippen MR) is 57.9 cm³/mol. The molecule has 0 rings (SSSR count). The van der Waals surface area contributed by atoms with Crippen LogP contribution in [0.2, 0.25) is 0 Å². The summed E-state index contributed by atoms with van der Waals surface area (Å²) in [6.07, 6.45) is 2.25. The summed E-state index contributed by atoms with van der Waals surface area (Å²) in [5, 5.41) is 0. The highest BCUT2D eigenvalue weighted by atomic mass is 16.1. The first-order valence-corrected chi connectivity index (χ1v) is 4.44. The first-order valence-electron chi connectivity index (χ1n) is 4.44. The summed E-state index contributed by atoms with van der Waals surface area (Å²) in [5.74, 6) is 0. The van der Waals surface area contributed by atoms with Crippen molar-refractivity contribution in [1.82, 2.24) is 0 Å². The Kier molecular flexibility index (Phi) is 622. The lowest BCUT2D eigenvalue weighted by atomic mass is 11.0. The predicted octanol–water partition coefficient (Wildman–Crippen LogP) is 2.67. The molecule has 0 spiro atoms. The highest BCUT2D eigenvalue weighted by Crippen LogP contribution is 1.15. The first kappa shape index (κ1) is 29.6. The van der Waals surface area contributed by atoms with Crippen LogP contribution >= 0.6 is 0 Å². The average Bonchev–Trinajstić information content (AvgIpc) is 2.14. The number of rotatable bonds is 0. The molecule has 0 saturated carbocycles. The van der Waals surface area contributed by atoms with Gasteiger partial charge in [-0.3, -0.25) is 0 Å².